The van der Waals surface area contributed by atoms with Crippen LogP contribution in [0.5, 0.6) is 0 Å². The number of rotatable bonds is 7. The lowest BCUT2D eigenvalue weighted by Gasteiger charge is -2.33. The van der Waals surface area contributed by atoms with Gasteiger partial charge in [-0.2, -0.15) is 0 Å². The fourth-order valence-electron chi connectivity index (χ4n) is 2.29. The molecule has 2 N–H and O–H groups in total. The van der Waals surface area contributed by atoms with Crippen LogP contribution in [0.3, 0.4) is 0 Å². The number of nitrogens with zero attached hydrogens (tertiary/aromatic N) is 3. The molecule has 0 amide bonds. The van der Waals surface area contributed by atoms with Gasteiger partial charge in [-0.15, -0.1) is 30.6 Å². The highest BCUT2D eigenvalue weighted by molar-refractivity contribution is 14.0. The van der Waals surface area contributed by atoms with Crippen LogP contribution in [-0.2, 0) is 0 Å². The minimum absolute atomic E-state index is 0. The first kappa shape index (κ1) is 20.7. The SMILES string of the molecule is C=CCNC(=NCC(C)CN1CCN(C)CC1)NCC.I. The van der Waals surface area contributed by atoms with E-state index in [1.165, 1.54) is 26.2 Å². The summed E-state index contributed by atoms with van der Waals surface area (Å²) in [5.74, 6) is 1.47. The Kier molecular flexibility index (Phi) is 12.0. The Morgan fingerprint density at radius 2 is 1.95 bits per heavy atom. The third-order valence-electron chi connectivity index (χ3n) is 3.48. The standard InChI is InChI=1S/C15H31N5.HI/c1-5-7-17-15(16-6-2)18-12-14(3)13-20-10-8-19(4)9-11-20;/h5,14H,1,6-13H2,2-4H3,(H2,16,17,18);1H. The van der Waals surface area contributed by atoms with E-state index < -0.39 is 0 Å². The molecule has 124 valence electrons. The fourth-order valence-corrected chi connectivity index (χ4v) is 2.29. The third-order valence-corrected chi connectivity index (χ3v) is 3.48. The van der Waals surface area contributed by atoms with Crippen LogP contribution < -0.4 is 10.6 Å². The number of hydrogen-bond acceptors (Lipinski definition) is 3. The van der Waals surface area contributed by atoms with Gasteiger partial charge >= 0.3 is 0 Å². The fraction of sp³-hybridized carbons (Fsp3) is 0.800. The molecule has 0 radical (unpaired) electrons. The van der Waals surface area contributed by atoms with Gasteiger partial charge in [-0.25, -0.2) is 0 Å². The summed E-state index contributed by atoms with van der Waals surface area (Å²) in [6, 6.07) is 0. The predicted molar refractivity (Wildman–Crippen MR) is 103 cm³/mol. The summed E-state index contributed by atoms with van der Waals surface area (Å²) >= 11 is 0. The van der Waals surface area contributed by atoms with Gasteiger partial charge < -0.3 is 20.4 Å². The van der Waals surface area contributed by atoms with Crippen molar-refractivity contribution in [1.29, 1.82) is 0 Å². The molecule has 1 fully saturated rings. The summed E-state index contributed by atoms with van der Waals surface area (Å²) in [5, 5.41) is 6.49. The van der Waals surface area contributed by atoms with Crippen molar-refractivity contribution in [3.63, 3.8) is 0 Å². The van der Waals surface area contributed by atoms with Crippen molar-refractivity contribution >= 4 is 29.9 Å². The second kappa shape index (κ2) is 12.2. The highest BCUT2D eigenvalue weighted by atomic mass is 127. The Morgan fingerprint density at radius 1 is 1.29 bits per heavy atom. The molecule has 1 aliphatic rings. The first-order valence-electron chi connectivity index (χ1n) is 7.69. The minimum Gasteiger partial charge on any atom is -0.357 e. The summed E-state index contributed by atoms with van der Waals surface area (Å²) in [6.07, 6.45) is 1.85. The van der Waals surface area contributed by atoms with Crippen molar-refractivity contribution in [3.8, 4) is 0 Å². The summed E-state index contributed by atoms with van der Waals surface area (Å²) in [5.41, 5.74) is 0. The lowest BCUT2D eigenvalue weighted by atomic mass is 10.1. The van der Waals surface area contributed by atoms with Crippen LogP contribution in [0, 0.1) is 5.92 Å². The van der Waals surface area contributed by atoms with Crippen molar-refractivity contribution in [2.24, 2.45) is 10.9 Å². The molecule has 0 aliphatic carbocycles. The Hall–Kier alpha value is -0.340. The molecule has 1 rings (SSSR count). The Bertz CT molecular complexity index is 300. The molecule has 21 heavy (non-hydrogen) atoms. The second-order valence-corrected chi connectivity index (χ2v) is 5.60. The Labute approximate surface area is 147 Å². The molecule has 1 unspecified atom stereocenters. The highest BCUT2D eigenvalue weighted by Gasteiger charge is 2.15. The summed E-state index contributed by atoms with van der Waals surface area (Å²) < 4.78 is 0. The second-order valence-electron chi connectivity index (χ2n) is 5.60. The Balaban J connectivity index is 0.00000400. The van der Waals surface area contributed by atoms with Crippen molar-refractivity contribution in [2.75, 3.05) is 59.4 Å². The molecule has 5 nitrogen and oxygen atoms in total. The molecular formula is C15H32IN5. The number of nitrogens with one attached hydrogen (secondary N) is 2. The molecule has 1 atom stereocenters. The molecule has 1 saturated heterocycles. The minimum atomic E-state index is 0. The van der Waals surface area contributed by atoms with E-state index in [0.717, 1.165) is 32.1 Å². The number of piperazine rings is 1. The first-order chi connectivity index (χ1) is 9.65. The molecule has 0 aromatic heterocycles. The van der Waals surface area contributed by atoms with Gasteiger partial charge in [-0.05, 0) is 19.9 Å². The first-order valence-corrected chi connectivity index (χ1v) is 7.69. The maximum atomic E-state index is 4.64. The topological polar surface area (TPSA) is 42.9 Å². The van der Waals surface area contributed by atoms with E-state index in [2.05, 4.69) is 52.9 Å². The van der Waals surface area contributed by atoms with E-state index in [0.29, 0.717) is 5.92 Å². The van der Waals surface area contributed by atoms with Gasteiger partial charge in [0.05, 0.1) is 0 Å². The van der Waals surface area contributed by atoms with Gasteiger partial charge in [0.2, 0.25) is 0 Å². The van der Waals surface area contributed by atoms with Gasteiger partial charge in [0.1, 0.15) is 0 Å². The molecule has 0 aromatic rings. The van der Waals surface area contributed by atoms with Crippen LogP contribution in [0.1, 0.15) is 13.8 Å². The van der Waals surface area contributed by atoms with Gasteiger partial charge in [-0.1, -0.05) is 13.0 Å². The third kappa shape index (κ3) is 9.31. The van der Waals surface area contributed by atoms with Gasteiger partial charge in [0, 0.05) is 52.4 Å². The van der Waals surface area contributed by atoms with Gasteiger partial charge in [-0.3, -0.25) is 4.99 Å². The smallest absolute Gasteiger partial charge is 0.191 e. The normalized spacial score (nSPS) is 18.7. The average Bonchev–Trinajstić information content (AvgIpc) is 2.44. The lowest BCUT2D eigenvalue weighted by molar-refractivity contribution is 0.140. The molecule has 0 bridgehead atoms. The maximum absolute atomic E-state index is 4.64. The number of likely N-dealkylation sites (N-methyl/N-ethyl adjacent to an activating group) is 1. The van der Waals surface area contributed by atoms with Crippen LogP contribution in [0.2, 0.25) is 0 Å². The molecule has 0 saturated carbocycles. The number of guanidine groups is 1. The van der Waals surface area contributed by atoms with Gasteiger partial charge in [0.15, 0.2) is 5.96 Å². The largest absolute Gasteiger partial charge is 0.357 e. The van der Waals surface area contributed by atoms with Crippen LogP contribution in [0.4, 0.5) is 0 Å². The van der Waals surface area contributed by atoms with Crippen LogP contribution in [-0.4, -0.2) is 75.2 Å². The van der Waals surface area contributed by atoms with Crippen molar-refractivity contribution < 1.29 is 0 Å². The van der Waals surface area contributed by atoms with Crippen LogP contribution in [0.25, 0.3) is 0 Å². The lowest BCUT2D eigenvalue weighted by Crippen LogP contribution is -2.46. The number of aliphatic imine (C=N–C) groups is 1. The van der Waals surface area contributed by atoms with E-state index in [1.807, 2.05) is 6.08 Å². The zero-order valence-electron chi connectivity index (χ0n) is 13.8. The monoisotopic (exact) mass is 409 g/mol. The van der Waals surface area contributed by atoms with E-state index in [-0.39, 0.29) is 24.0 Å². The zero-order chi connectivity index (χ0) is 14.8. The molecule has 0 spiro atoms. The molecule has 0 aromatic carbocycles. The molecular weight excluding hydrogens is 377 g/mol. The summed E-state index contributed by atoms with van der Waals surface area (Å²) in [7, 11) is 2.19. The number of halogens is 1. The van der Waals surface area contributed by atoms with E-state index in [9.17, 15) is 0 Å². The van der Waals surface area contributed by atoms with Crippen molar-refractivity contribution in [2.45, 2.75) is 13.8 Å². The van der Waals surface area contributed by atoms with E-state index >= 15 is 0 Å². The molecule has 1 aliphatic heterocycles. The maximum Gasteiger partial charge on any atom is 0.191 e. The number of hydrogen-bond donors (Lipinski definition) is 2. The average molecular weight is 409 g/mol. The van der Waals surface area contributed by atoms with Crippen LogP contribution in [0.15, 0.2) is 17.6 Å². The molecule has 1 heterocycles. The quantitative estimate of drug-likeness (QED) is 0.287. The highest BCUT2D eigenvalue weighted by Crippen LogP contribution is 2.04. The van der Waals surface area contributed by atoms with E-state index in [1.54, 1.807) is 0 Å². The van der Waals surface area contributed by atoms with Crippen molar-refractivity contribution in [1.82, 2.24) is 20.4 Å². The summed E-state index contributed by atoms with van der Waals surface area (Å²) in [4.78, 5) is 9.58. The van der Waals surface area contributed by atoms with Crippen LogP contribution >= 0.6 is 24.0 Å². The molecule has 6 heteroatoms. The van der Waals surface area contributed by atoms with Crippen molar-refractivity contribution in [3.05, 3.63) is 12.7 Å². The predicted octanol–water partition coefficient (Wildman–Crippen LogP) is 1.23. The van der Waals surface area contributed by atoms with E-state index in [4.69, 9.17) is 0 Å². The summed E-state index contributed by atoms with van der Waals surface area (Å²) in [6.45, 7) is 16.4. The Morgan fingerprint density at radius 3 is 2.52 bits per heavy atom. The van der Waals surface area contributed by atoms with Gasteiger partial charge in [0.25, 0.3) is 0 Å². The zero-order valence-corrected chi connectivity index (χ0v) is 16.1.